The smallest absolute Gasteiger partial charge is 0.287 e. The minimum absolute atomic E-state index is 0.165. The van der Waals surface area contributed by atoms with E-state index < -0.39 is 7.82 Å². The molecule has 0 aliphatic rings. The minimum atomic E-state index is -3.48. The lowest BCUT2D eigenvalue weighted by molar-refractivity contribution is 0.0895. The normalized spacial score (nSPS) is 14.7. The molecule has 0 aromatic heterocycles. The maximum atomic E-state index is 12.2. The molecule has 6 heteroatoms. The Balaban J connectivity index is 2.65. The Labute approximate surface area is 114 Å². The second kappa shape index (κ2) is 7.31. The van der Waals surface area contributed by atoms with E-state index in [0.29, 0.717) is 0 Å². The van der Waals surface area contributed by atoms with Crippen molar-refractivity contribution in [3.63, 3.8) is 0 Å². The molecular weight excluding hydrogens is 271 g/mol. The number of hydrogen-bond donors (Lipinski definition) is 1. The highest BCUT2D eigenvalue weighted by atomic mass is 32.1. The van der Waals surface area contributed by atoms with Gasteiger partial charge < -0.3 is 0 Å². The molecule has 1 unspecified atom stereocenters. The molecule has 102 valence electrons. The number of rotatable bonds is 7. The van der Waals surface area contributed by atoms with Crippen molar-refractivity contribution in [3.05, 3.63) is 29.8 Å². The van der Waals surface area contributed by atoms with E-state index in [1.165, 1.54) is 0 Å². The Kier molecular flexibility index (Phi) is 6.39. The van der Waals surface area contributed by atoms with E-state index in [1.807, 2.05) is 24.3 Å². The molecule has 0 saturated heterocycles. The third-order valence-electron chi connectivity index (χ3n) is 1.93. The van der Waals surface area contributed by atoms with Crippen LogP contribution in [0.3, 0.4) is 0 Å². The Morgan fingerprint density at radius 3 is 2.61 bits per heavy atom. The fourth-order valence-corrected chi connectivity index (χ4v) is 2.90. The van der Waals surface area contributed by atoms with E-state index >= 15 is 0 Å². The van der Waals surface area contributed by atoms with Gasteiger partial charge in [-0.25, -0.2) is 4.57 Å². The first-order chi connectivity index (χ1) is 8.45. The quantitative estimate of drug-likeness (QED) is 0.607. The molecule has 0 radical (unpaired) electrons. The lowest BCUT2D eigenvalue weighted by Gasteiger charge is -2.19. The van der Waals surface area contributed by atoms with Gasteiger partial charge in [0.25, 0.3) is 0 Å². The average molecular weight is 290 g/mol. The Morgan fingerprint density at radius 2 is 2.06 bits per heavy atom. The standard InChI is InChI=1S/C12H19O4PS/c1-4-14-17(13,16-10(2)3)15-9-11-6-5-7-12(18)8-11/h5-8,10,18H,4,9H2,1-3H3. The minimum Gasteiger partial charge on any atom is -0.287 e. The van der Waals surface area contributed by atoms with Crippen molar-refractivity contribution in [2.75, 3.05) is 6.61 Å². The van der Waals surface area contributed by atoms with Crippen molar-refractivity contribution < 1.29 is 18.1 Å². The van der Waals surface area contributed by atoms with E-state index in [0.717, 1.165) is 10.5 Å². The SMILES string of the molecule is CCOP(=O)(OCc1cccc(S)c1)OC(C)C. The molecule has 0 bridgehead atoms. The summed E-state index contributed by atoms with van der Waals surface area (Å²) in [5.41, 5.74) is 0.870. The largest absolute Gasteiger partial charge is 0.475 e. The molecule has 1 aromatic rings. The van der Waals surface area contributed by atoms with Crippen molar-refractivity contribution >= 4 is 20.5 Å². The Hall–Kier alpha value is -0.320. The summed E-state index contributed by atoms with van der Waals surface area (Å²) in [7, 11) is -3.48. The van der Waals surface area contributed by atoms with E-state index in [4.69, 9.17) is 13.6 Å². The van der Waals surface area contributed by atoms with E-state index in [-0.39, 0.29) is 19.3 Å². The van der Waals surface area contributed by atoms with Crippen molar-refractivity contribution in [2.24, 2.45) is 0 Å². The molecule has 18 heavy (non-hydrogen) atoms. The maximum absolute atomic E-state index is 12.2. The summed E-state index contributed by atoms with van der Waals surface area (Å²) in [5.74, 6) is 0. The van der Waals surface area contributed by atoms with Crippen LogP contribution in [0.1, 0.15) is 26.3 Å². The second-order valence-electron chi connectivity index (χ2n) is 3.96. The van der Waals surface area contributed by atoms with Crippen LogP contribution in [0.25, 0.3) is 0 Å². The first-order valence-corrected chi connectivity index (χ1v) is 7.71. The maximum Gasteiger partial charge on any atom is 0.475 e. The van der Waals surface area contributed by atoms with E-state index in [1.54, 1.807) is 20.8 Å². The summed E-state index contributed by atoms with van der Waals surface area (Å²) in [6.07, 6.45) is -0.224. The van der Waals surface area contributed by atoms with Crippen LogP contribution in [0.15, 0.2) is 29.2 Å². The summed E-state index contributed by atoms with van der Waals surface area (Å²) in [6, 6.07) is 7.43. The molecule has 0 heterocycles. The van der Waals surface area contributed by atoms with Crippen molar-refractivity contribution in [1.82, 2.24) is 0 Å². The molecular formula is C12H19O4PS. The van der Waals surface area contributed by atoms with Crippen LogP contribution in [0.2, 0.25) is 0 Å². The number of hydrogen-bond acceptors (Lipinski definition) is 5. The number of benzene rings is 1. The summed E-state index contributed by atoms with van der Waals surface area (Å²) < 4.78 is 27.8. The molecule has 0 spiro atoms. The van der Waals surface area contributed by atoms with Crippen LogP contribution in [-0.4, -0.2) is 12.7 Å². The second-order valence-corrected chi connectivity index (χ2v) is 6.10. The molecule has 0 aliphatic carbocycles. The van der Waals surface area contributed by atoms with Crippen LogP contribution in [0.5, 0.6) is 0 Å². The monoisotopic (exact) mass is 290 g/mol. The lowest BCUT2D eigenvalue weighted by atomic mass is 10.2. The highest BCUT2D eigenvalue weighted by Crippen LogP contribution is 2.51. The van der Waals surface area contributed by atoms with Gasteiger partial charge in [0.1, 0.15) is 0 Å². The van der Waals surface area contributed by atoms with Gasteiger partial charge in [-0.3, -0.25) is 13.6 Å². The molecule has 0 N–H and O–H groups in total. The number of phosphoric acid groups is 1. The van der Waals surface area contributed by atoms with E-state index in [2.05, 4.69) is 12.6 Å². The fraction of sp³-hybridized carbons (Fsp3) is 0.500. The van der Waals surface area contributed by atoms with Crippen LogP contribution < -0.4 is 0 Å². The lowest BCUT2D eigenvalue weighted by Crippen LogP contribution is -2.06. The number of thiol groups is 1. The van der Waals surface area contributed by atoms with Gasteiger partial charge in [0, 0.05) is 4.90 Å². The van der Waals surface area contributed by atoms with E-state index in [9.17, 15) is 4.57 Å². The zero-order chi connectivity index (χ0) is 13.6. The van der Waals surface area contributed by atoms with Gasteiger partial charge in [-0.15, -0.1) is 12.6 Å². The summed E-state index contributed by atoms with van der Waals surface area (Å²) in [6.45, 7) is 5.75. The molecule has 1 rings (SSSR count). The topological polar surface area (TPSA) is 44.8 Å². The molecule has 0 fully saturated rings. The molecule has 4 nitrogen and oxygen atoms in total. The van der Waals surface area contributed by atoms with Crippen LogP contribution in [0, 0.1) is 0 Å². The van der Waals surface area contributed by atoms with Crippen molar-refractivity contribution in [2.45, 2.75) is 38.4 Å². The fourth-order valence-electron chi connectivity index (χ4n) is 1.31. The molecule has 0 saturated carbocycles. The summed E-state index contributed by atoms with van der Waals surface area (Å²) in [5, 5.41) is 0. The van der Waals surface area contributed by atoms with Crippen molar-refractivity contribution in [1.29, 1.82) is 0 Å². The molecule has 1 atom stereocenters. The third kappa shape index (κ3) is 5.55. The number of phosphoric ester groups is 1. The predicted molar refractivity (Wildman–Crippen MR) is 73.9 cm³/mol. The first kappa shape index (κ1) is 15.7. The molecule has 0 aliphatic heterocycles. The third-order valence-corrected chi connectivity index (χ3v) is 3.90. The van der Waals surface area contributed by atoms with Gasteiger partial charge in [-0.2, -0.15) is 0 Å². The molecule has 0 amide bonds. The zero-order valence-corrected chi connectivity index (χ0v) is 12.6. The van der Waals surface area contributed by atoms with Crippen LogP contribution >= 0.6 is 20.5 Å². The van der Waals surface area contributed by atoms with Gasteiger partial charge in [-0.05, 0) is 38.5 Å². The van der Waals surface area contributed by atoms with Crippen LogP contribution in [0.4, 0.5) is 0 Å². The average Bonchev–Trinajstić information content (AvgIpc) is 2.26. The van der Waals surface area contributed by atoms with Gasteiger partial charge in [0.05, 0.1) is 19.3 Å². The predicted octanol–water partition coefficient (Wildman–Crippen LogP) is 4.06. The Morgan fingerprint density at radius 1 is 1.33 bits per heavy atom. The Bertz CT molecular complexity index is 422. The summed E-state index contributed by atoms with van der Waals surface area (Å²) >= 11 is 4.23. The molecule has 1 aromatic carbocycles. The zero-order valence-electron chi connectivity index (χ0n) is 10.8. The van der Waals surface area contributed by atoms with Gasteiger partial charge in [0.15, 0.2) is 0 Å². The van der Waals surface area contributed by atoms with Gasteiger partial charge in [-0.1, -0.05) is 12.1 Å². The summed E-state index contributed by atoms with van der Waals surface area (Å²) in [4.78, 5) is 0.826. The first-order valence-electron chi connectivity index (χ1n) is 5.80. The van der Waals surface area contributed by atoms with Crippen LogP contribution in [-0.2, 0) is 24.7 Å². The highest BCUT2D eigenvalue weighted by molar-refractivity contribution is 7.80. The van der Waals surface area contributed by atoms with Gasteiger partial charge in [0.2, 0.25) is 0 Å². The van der Waals surface area contributed by atoms with Crippen molar-refractivity contribution in [3.8, 4) is 0 Å². The highest BCUT2D eigenvalue weighted by Gasteiger charge is 2.27. The van der Waals surface area contributed by atoms with Gasteiger partial charge >= 0.3 is 7.82 Å².